The average Bonchev–Trinajstić information content (AvgIpc) is 2.37. The molecule has 1 aromatic carbocycles. The Kier molecular flexibility index (Phi) is 3.25. The third-order valence-electron chi connectivity index (χ3n) is 2.53. The highest BCUT2D eigenvalue weighted by atomic mass is 19.4. The Morgan fingerprint density at radius 1 is 1.11 bits per heavy atom. The Hall–Kier alpha value is -2.37. The van der Waals surface area contributed by atoms with Crippen LogP contribution in [0.3, 0.4) is 0 Å². The molecule has 2 rings (SSSR count). The monoisotopic (exact) mass is 266 g/mol. The molecular weight excluding hydrogens is 257 g/mol. The number of rotatable bonds is 2. The van der Waals surface area contributed by atoms with Crippen molar-refractivity contribution in [1.82, 2.24) is 4.98 Å². The summed E-state index contributed by atoms with van der Waals surface area (Å²) >= 11 is 0. The number of pyridine rings is 1. The van der Waals surface area contributed by atoms with Crippen molar-refractivity contribution >= 4 is 11.5 Å². The molecule has 2 aromatic rings. The van der Waals surface area contributed by atoms with E-state index in [1.807, 2.05) is 0 Å². The highest BCUT2D eigenvalue weighted by Crippen LogP contribution is 2.33. The molecule has 6 heteroatoms. The molecule has 0 radical (unpaired) electrons. The first kappa shape index (κ1) is 13.1. The number of ketones is 1. The van der Waals surface area contributed by atoms with Crippen molar-refractivity contribution in [3.05, 3.63) is 59.4 Å². The van der Waals surface area contributed by atoms with Crippen LogP contribution in [0.25, 0.3) is 0 Å². The second kappa shape index (κ2) is 4.72. The van der Waals surface area contributed by atoms with Gasteiger partial charge in [-0.2, -0.15) is 13.2 Å². The van der Waals surface area contributed by atoms with Gasteiger partial charge < -0.3 is 5.73 Å². The molecule has 0 aliphatic carbocycles. The Labute approximate surface area is 106 Å². The van der Waals surface area contributed by atoms with Gasteiger partial charge in [-0.3, -0.25) is 9.78 Å². The minimum absolute atomic E-state index is 0.0458. The van der Waals surface area contributed by atoms with Crippen LogP contribution >= 0.6 is 0 Å². The van der Waals surface area contributed by atoms with Gasteiger partial charge in [0.15, 0.2) is 0 Å². The van der Waals surface area contributed by atoms with E-state index in [4.69, 9.17) is 5.73 Å². The summed E-state index contributed by atoms with van der Waals surface area (Å²) in [6.45, 7) is 0. The van der Waals surface area contributed by atoms with Crippen LogP contribution in [-0.4, -0.2) is 10.8 Å². The first-order valence-electron chi connectivity index (χ1n) is 5.32. The number of aromatic nitrogens is 1. The lowest BCUT2D eigenvalue weighted by atomic mass is 10.0. The number of nitrogen functional groups attached to an aromatic ring is 1. The molecule has 19 heavy (non-hydrogen) atoms. The fourth-order valence-corrected chi connectivity index (χ4v) is 1.66. The predicted molar refractivity (Wildman–Crippen MR) is 63.5 cm³/mol. The van der Waals surface area contributed by atoms with Gasteiger partial charge >= 0.3 is 6.18 Å². The molecule has 0 amide bonds. The van der Waals surface area contributed by atoms with Crippen LogP contribution in [0.1, 0.15) is 21.6 Å². The van der Waals surface area contributed by atoms with E-state index in [1.54, 1.807) is 0 Å². The zero-order valence-electron chi connectivity index (χ0n) is 9.61. The smallest absolute Gasteiger partial charge is 0.397 e. The molecule has 2 N–H and O–H groups in total. The molecular formula is C13H9F3N2O. The van der Waals surface area contributed by atoms with E-state index < -0.39 is 23.1 Å². The van der Waals surface area contributed by atoms with Gasteiger partial charge in [0.05, 0.1) is 11.3 Å². The fourth-order valence-electron chi connectivity index (χ4n) is 1.66. The van der Waals surface area contributed by atoms with Crippen LogP contribution in [0.5, 0.6) is 0 Å². The second-order valence-corrected chi connectivity index (χ2v) is 3.81. The van der Waals surface area contributed by atoms with Crippen LogP contribution in [0, 0.1) is 0 Å². The summed E-state index contributed by atoms with van der Waals surface area (Å²) in [6, 6.07) is 7.47. The van der Waals surface area contributed by atoms with Crippen LogP contribution in [0.4, 0.5) is 18.9 Å². The van der Waals surface area contributed by atoms with Crippen molar-refractivity contribution in [3.63, 3.8) is 0 Å². The van der Waals surface area contributed by atoms with Crippen LogP contribution in [-0.2, 0) is 6.18 Å². The maximum atomic E-state index is 12.8. The third kappa shape index (κ3) is 2.57. The van der Waals surface area contributed by atoms with Gasteiger partial charge in [-0.25, -0.2) is 0 Å². The Balaban J connectivity index is 2.55. The summed E-state index contributed by atoms with van der Waals surface area (Å²) in [7, 11) is 0. The van der Waals surface area contributed by atoms with Gasteiger partial charge in [-0.15, -0.1) is 0 Å². The van der Waals surface area contributed by atoms with E-state index in [-0.39, 0.29) is 11.4 Å². The summed E-state index contributed by atoms with van der Waals surface area (Å²) in [4.78, 5) is 15.8. The largest absolute Gasteiger partial charge is 0.417 e. The van der Waals surface area contributed by atoms with Crippen molar-refractivity contribution < 1.29 is 18.0 Å². The van der Waals surface area contributed by atoms with Crippen molar-refractivity contribution in [2.75, 3.05) is 5.73 Å². The normalized spacial score (nSPS) is 11.3. The molecule has 3 nitrogen and oxygen atoms in total. The molecule has 0 saturated carbocycles. The van der Waals surface area contributed by atoms with Crippen LogP contribution in [0.2, 0.25) is 0 Å². The number of carbonyl (C=O) groups is 1. The summed E-state index contributed by atoms with van der Waals surface area (Å²) < 4.78 is 38.5. The fraction of sp³-hybridized carbons (Fsp3) is 0.0769. The van der Waals surface area contributed by atoms with E-state index in [0.717, 1.165) is 12.1 Å². The van der Waals surface area contributed by atoms with Crippen molar-refractivity contribution in [3.8, 4) is 0 Å². The van der Waals surface area contributed by atoms with E-state index in [9.17, 15) is 18.0 Å². The topological polar surface area (TPSA) is 56.0 Å². The van der Waals surface area contributed by atoms with Gasteiger partial charge in [-0.05, 0) is 18.2 Å². The number of hydrogen-bond donors (Lipinski definition) is 1. The lowest BCUT2D eigenvalue weighted by Gasteiger charge is -2.12. The van der Waals surface area contributed by atoms with Gasteiger partial charge in [0, 0.05) is 11.8 Å². The molecule has 1 aromatic heterocycles. The summed E-state index contributed by atoms with van der Waals surface area (Å²) in [5, 5.41) is 0. The first-order valence-corrected chi connectivity index (χ1v) is 5.32. The lowest BCUT2D eigenvalue weighted by molar-refractivity contribution is -0.137. The number of nitrogens with two attached hydrogens (primary N) is 1. The lowest BCUT2D eigenvalue weighted by Crippen LogP contribution is -2.15. The number of benzene rings is 1. The summed E-state index contributed by atoms with van der Waals surface area (Å²) in [6.07, 6.45) is -3.30. The molecule has 0 bridgehead atoms. The molecule has 0 aliphatic heterocycles. The third-order valence-corrected chi connectivity index (χ3v) is 2.53. The van der Waals surface area contributed by atoms with Gasteiger partial charge in [0.1, 0.15) is 5.69 Å². The number of halogens is 3. The van der Waals surface area contributed by atoms with Crippen LogP contribution < -0.4 is 5.73 Å². The van der Waals surface area contributed by atoms with E-state index in [1.165, 1.54) is 30.5 Å². The quantitative estimate of drug-likeness (QED) is 0.850. The highest BCUT2D eigenvalue weighted by Gasteiger charge is 2.35. The Bertz CT molecular complexity index is 623. The zero-order chi connectivity index (χ0) is 14.0. The number of alkyl halides is 3. The Morgan fingerprint density at radius 3 is 2.42 bits per heavy atom. The van der Waals surface area contributed by atoms with E-state index in [0.29, 0.717) is 0 Å². The maximum Gasteiger partial charge on any atom is 0.417 e. The summed E-state index contributed by atoms with van der Waals surface area (Å²) in [5.41, 5.74) is 3.96. The van der Waals surface area contributed by atoms with Crippen LogP contribution in [0.15, 0.2) is 42.6 Å². The minimum atomic E-state index is -4.60. The Morgan fingerprint density at radius 2 is 1.79 bits per heavy atom. The second-order valence-electron chi connectivity index (χ2n) is 3.81. The molecule has 0 atom stereocenters. The standard InChI is InChI=1S/C13H9F3N2O/c14-13(15,16)9-5-2-1-4-8(9)12(19)11-10(17)6-3-7-18-11/h1-7H,17H2. The van der Waals surface area contributed by atoms with Crippen molar-refractivity contribution in [2.24, 2.45) is 0 Å². The van der Waals surface area contributed by atoms with E-state index in [2.05, 4.69) is 4.98 Å². The van der Waals surface area contributed by atoms with Gasteiger partial charge in [0.2, 0.25) is 5.78 Å². The highest BCUT2D eigenvalue weighted by molar-refractivity contribution is 6.11. The summed E-state index contributed by atoms with van der Waals surface area (Å²) in [5.74, 6) is -0.842. The molecule has 0 aliphatic rings. The molecule has 0 saturated heterocycles. The average molecular weight is 266 g/mol. The minimum Gasteiger partial charge on any atom is -0.397 e. The first-order chi connectivity index (χ1) is 8.91. The number of hydrogen-bond acceptors (Lipinski definition) is 3. The molecule has 0 spiro atoms. The van der Waals surface area contributed by atoms with Gasteiger partial charge in [-0.1, -0.05) is 18.2 Å². The van der Waals surface area contributed by atoms with Crippen molar-refractivity contribution in [2.45, 2.75) is 6.18 Å². The van der Waals surface area contributed by atoms with E-state index >= 15 is 0 Å². The maximum absolute atomic E-state index is 12.8. The van der Waals surface area contributed by atoms with Crippen molar-refractivity contribution in [1.29, 1.82) is 0 Å². The number of nitrogens with zero attached hydrogens (tertiary/aromatic N) is 1. The molecule has 98 valence electrons. The zero-order valence-corrected chi connectivity index (χ0v) is 9.61. The predicted octanol–water partition coefficient (Wildman–Crippen LogP) is 2.91. The molecule has 1 heterocycles. The molecule has 0 fully saturated rings. The number of carbonyl (C=O) groups excluding carboxylic acids is 1. The SMILES string of the molecule is Nc1cccnc1C(=O)c1ccccc1C(F)(F)F. The van der Waals surface area contributed by atoms with Gasteiger partial charge in [0.25, 0.3) is 0 Å². The number of anilines is 1. The molecule has 0 unspecified atom stereocenters.